The Morgan fingerprint density at radius 2 is 2.19 bits per heavy atom. The Labute approximate surface area is 97.1 Å². The van der Waals surface area contributed by atoms with Gasteiger partial charge in [0.2, 0.25) is 0 Å². The Bertz CT molecular complexity index is 358. The molecule has 0 spiro atoms. The van der Waals surface area contributed by atoms with Crippen molar-refractivity contribution in [3.63, 3.8) is 0 Å². The van der Waals surface area contributed by atoms with Crippen molar-refractivity contribution in [3.8, 4) is 0 Å². The molecule has 16 heavy (non-hydrogen) atoms. The molecule has 1 nitrogen and oxygen atoms in total. The van der Waals surface area contributed by atoms with Crippen LogP contribution in [0.25, 0.3) is 0 Å². The van der Waals surface area contributed by atoms with E-state index in [9.17, 15) is 4.39 Å². The Balaban J connectivity index is 1.80. The van der Waals surface area contributed by atoms with E-state index < -0.39 is 0 Å². The van der Waals surface area contributed by atoms with E-state index in [1.165, 1.54) is 18.9 Å². The first-order valence-corrected chi connectivity index (χ1v) is 6.05. The summed E-state index contributed by atoms with van der Waals surface area (Å²) in [7, 11) is 0. The summed E-state index contributed by atoms with van der Waals surface area (Å²) in [6.07, 6.45) is 3.58. The zero-order valence-electron chi connectivity index (χ0n) is 10.1. The zero-order valence-corrected chi connectivity index (χ0v) is 10.1. The fraction of sp³-hybridized carbons (Fsp3) is 0.571. The van der Waals surface area contributed by atoms with Gasteiger partial charge in [0.05, 0.1) is 0 Å². The Morgan fingerprint density at radius 3 is 2.81 bits per heavy atom. The summed E-state index contributed by atoms with van der Waals surface area (Å²) in [6, 6.07) is 7.29. The highest BCUT2D eigenvalue weighted by atomic mass is 19.1. The van der Waals surface area contributed by atoms with E-state index in [2.05, 4.69) is 19.2 Å². The van der Waals surface area contributed by atoms with Crippen LogP contribution in [-0.2, 0) is 6.42 Å². The van der Waals surface area contributed by atoms with Crippen molar-refractivity contribution in [1.29, 1.82) is 0 Å². The summed E-state index contributed by atoms with van der Waals surface area (Å²) in [4.78, 5) is 0. The topological polar surface area (TPSA) is 12.0 Å². The molecule has 88 valence electrons. The van der Waals surface area contributed by atoms with Gasteiger partial charge in [-0.1, -0.05) is 19.1 Å². The third kappa shape index (κ3) is 3.31. The molecule has 0 bridgehead atoms. The van der Waals surface area contributed by atoms with Gasteiger partial charge in [0.25, 0.3) is 0 Å². The standard InChI is InChI=1S/C14H20FN/c1-11(16-10-14(2)6-7-14)8-12-4-3-5-13(15)9-12/h3-5,9,11,16H,6-8,10H2,1-2H3. The Kier molecular flexibility index (Phi) is 3.29. The van der Waals surface area contributed by atoms with Crippen LogP contribution in [0.5, 0.6) is 0 Å². The van der Waals surface area contributed by atoms with Crippen molar-refractivity contribution in [2.45, 2.75) is 39.2 Å². The van der Waals surface area contributed by atoms with Gasteiger partial charge in [-0.2, -0.15) is 0 Å². The quantitative estimate of drug-likeness (QED) is 0.805. The lowest BCUT2D eigenvalue weighted by Crippen LogP contribution is -2.32. The molecule has 1 aliphatic carbocycles. The highest BCUT2D eigenvalue weighted by Gasteiger charge is 2.36. The van der Waals surface area contributed by atoms with Crippen LogP contribution in [0.3, 0.4) is 0 Å². The molecule has 1 fully saturated rings. The molecule has 1 aromatic carbocycles. The largest absolute Gasteiger partial charge is 0.313 e. The van der Waals surface area contributed by atoms with E-state index in [4.69, 9.17) is 0 Å². The maximum absolute atomic E-state index is 13.0. The zero-order chi connectivity index (χ0) is 11.6. The molecule has 0 amide bonds. The van der Waals surface area contributed by atoms with Crippen LogP contribution in [0.4, 0.5) is 4.39 Å². The third-order valence-corrected chi connectivity index (χ3v) is 3.41. The molecule has 0 aliphatic heterocycles. The molecule has 0 aromatic heterocycles. The molecule has 1 unspecified atom stereocenters. The number of benzene rings is 1. The molecule has 1 aromatic rings. The third-order valence-electron chi connectivity index (χ3n) is 3.41. The van der Waals surface area contributed by atoms with Crippen LogP contribution in [0.2, 0.25) is 0 Å². The molecule has 1 aliphatic rings. The molecule has 0 heterocycles. The van der Waals surface area contributed by atoms with Gasteiger partial charge < -0.3 is 5.32 Å². The summed E-state index contributed by atoms with van der Waals surface area (Å²) < 4.78 is 13.0. The molecule has 0 saturated heterocycles. The minimum absolute atomic E-state index is 0.140. The molecule has 1 N–H and O–H groups in total. The molecule has 2 rings (SSSR count). The van der Waals surface area contributed by atoms with Crippen molar-refractivity contribution >= 4 is 0 Å². The van der Waals surface area contributed by atoms with Crippen molar-refractivity contribution < 1.29 is 4.39 Å². The summed E-state index contributed by atoms with van der Waals surface area (Å²) in [6.45, 7) is 5.56. The van der Waals surface area contributed by atoms with Gasteiger partial charge in [-0.3, -0.25) is 0 Å². The Hall–Kier alpha value is -0.890. The number of hydrogen-bond acceptors (Lipinski definition) is 1. The highest BCUT2D eigenvalue weighted by molar-refractivity contribution is 5.17. The second-order valence-corrected chi connectivity index (χ2v) is 5.43. The van der Waals surface area contributed by atoms with Gasteiger partial charge >= 0.3 is 0 Å². The number of halogens is 1. The fourth-order valence-corrected chi connectivity index (χ4v) is 1.90. The van der Waals surface area contributed by atoms with Gasteiger partial charge in [-0.05, 0) is 49.3 Å². The van der Waals surface area contributed by atoms with Crippen LogP contribution < -0.4 is 5.32 Å². The molecule has 1 atom stereocenters. The van der Waals surface area contributed by atoms with Crippen LogP contribution in [0.15, 0.2) is 24.3 Å². The van der Waals surface area contributed by atoms with E-state index in [0.29, 0.717) is 11.5 Å². The van der Waals surface area contributed by atoms with E-state index in [-0.39, 0.29) is 5.82 Å². The van der Waals surface area contributed by atoms with Crippen LogP contribution in [-0.4, -0.2) is 12.6 Å². The summed E-state index contributed by atoms with van der Waals surface area (Å²) in [5.41, 5.74) is 1.61. The van der Waals surface area contributed by atoms with Crippen molar-refractivity contribution in [3.05, 3.63) is 35.6 Å². The summed E-state index contributed by atoms with van der Waals surface area (Å²) in [5, 5.41) is 3.53. The van der Waals surface area contributed by atoms with E-state index in [0.717, 1.165) is 18.5 Å². The van der Waals surface area contributed by atoms with Gasteiger partial charge in [0.1, 0.15) is 5.82 Å². The second kappa shape index (κ2) is 4.54. The number of rotatable bonds is 5. The smallest absolute Gasteiger partial charge is 0.123 e. The van der Waals surface area contributed by atoms with E-state index in [1.54, 1.807) is 12.1 Å². The normalized spacial score (nSPS) is 19.4. The van der Waals surface area contributed by atoms with Crippen molar-refractivity contribution in [2.75, 3.05) is 6.54 Å². The Morgan fingerprint density at radius 1 is 1.44 bits per heavy atom. The van der Waals surface area contributed by atoms with Gasteiger partial charge in [-0.25, -0.2) is 4.39 Å². The first kappa shape index (κ1) is 11.6. The van der Waals surface area contributed by atoms with Crippen molar-refractivity contribution in [1.82, 2.24) is 5.32 Å². The predicted molar refractivity (Wildman–Crippen MR) is 64.9 cm³/mol. The first-order chi connectivity index (χ1) is 7.57. The summed E-state index contributed by atoms with van der Waals surface area (Å²) in [5.74, 6) is -0.140. The average molecular weight is 221 g/mol. The van der Waals surface area contributed by atoms with Crippen LogP contribution in [0, 0.1) is 11.2 Å². The number of hydrogen-bond donors (Lipinski definition) is 1. The van der Waals surface area contributed by atoms with Gasteiger partial charge in [0.15, 0.2) is 0 Å². The molecule has 2 heteroatoms. The first-order valence-electron chi connectivity index (χ1n) is 6.05. The monoisotopic (exact) mass is 221 g/mol. The van der Waals surface area contributed by atoms with E-state index in [1.807, 2.05) is 6.07 Å². The van der Waals surface area contributed by atoms with Gasteiger partial charge in [0, 0.05) is 12.6 Å². The van der Waals surface area contributed by atoms with Gasteiger partial charge in [-0.15, -0.1) is 0 Å². The van der Waals surface area contributed by atoms with Crippen molar-refractivity contribution in [2.24, 2.45) is 5.41 Å². The average Bonchev–Trinajstić information content (AvgIpc) is 2.95. The molecular weight excluding hydrogens is 201 g/mol. The van der Waals surface area contributed by atoms with E-state index >= 15 is 0 Å². The molecular formula is C14H20FN. The summed E-state index contributed by atoms with van der Waals surface area (Å²) >= 11 is 0. The maximum atomic E-state index is 13.0. The van der Waals surface area contributed by atoms with Crippen LogP contribution in [0.1, 0.15) is 32.3 Å². The lowest BCUT2D eigenvalue weighted by Gasteiger charge is -2.17. The fourth-order valence-electron chi connectivity index (χ4n) is 1.90. The molecule has 1 saturated carbocycles. The lowest BCUT2D eigenvalue weighted by molar-refractivity contribution is 0.447. The minimum Gasteiger partial charge on any atom is -0.313 e. The number of nitrogens with one attached hydrogen (secondary N) is 1. The maximum Gasteiger partial charge on any atom is 0.123 e. The molecule has 0 radical (unpaired) electrons. The van der Waals surface area contributed by atoms with Crippen LogP contribution >= 0.6 is 0 Å². The SMILES string of the molecule is CC(Cc1cccc(F)c1)NCC1(C)CC1. The minimum atomic E-state index is -0.140. The second-order valence-electron chi connectivity index (χ2n) is 5.43. The predicted octanol–water partition coefficient (Wildman–Crippen LogP) is 3.15. The lowest BCUT2D eigenvalue weighted by atomic mass is 10.1. The highest BCUT2D eigenvalue weighted by Crippen LogP contribution is 2.44.